The first kappa shape index (κ1) is 20.0. The Labute approximate surface area is 141 Å². The van der Waals surface area contributed by atoms with E-state index in [1.807, 2.05) is 0 Å². The van der Waals surface area contributed by atoms with Crippen LogP contribution >= 0.6 is 0 Å². The van der Waals surface area contributed by atoms with Crippen LogP contribution in [0.5, 0.6) is 0 Å². The predicted molar refractivity (Wildman–Crippen MR) is 65.9 cm³/mol. The molecule has 2 fully saturated rings. The smallest absolute Gasteiger partial charge is 0.458 e. The molecule has 0 bridgehead atoms. The Kier molecular flexibility index (Phi) is 4.49. The lowest BCUT2D eigenvalue weighted by molar-refractivity contribution is -0.394. The van der Waals surface area contributed by atoms with Crippen LogP contribution in [0.25, 0.3) is 0 Å². The number of nitrogens with zero attached hydrogens (tertiary/aromatic N) is 1. The molecule has 0 spiro atoms. The molecule has 13 heteroatoms. The number of rotatable bonds is 3. The lowest BCUT2D eigenvalue weighted by Crippen LogP contribution is -2.67. The van der Waals surface area contributed by atoms with Crippen molar-refractivity contribution >= 4 is 23.6 Å². The van der Waals surface area contributed by atoms with Crippen molar-refractivity contribution in [1.29, 1.82) is 0 Å². The number of Topliss-reactive ketones (excluding diaryl/α,β-unsaturated/α-hetero) is 1. The Hall–Kier alpha value is -2.34. The number of hydrogen-bond donors (Lipinski definition) is 0. The molecular formula is C13H11F6NO6. The van der Waals surface area contributed by atoms with Gasteiger partial charge in [-0.1, -0.05) is 0 Å². The summed E-state index contributed by atoms with van der Waals surface area (Å²) in [6.07, 6.45) is -13.4. The summed E-state index contributed by atoms with van der Waals surface area (Å²) in [5.74, 6) is -9.95. The highest BCUT2D eigenvalue weighted by molar-refractivity contribution is 6.07. The molecule has 0 saturated carbocycles. The average molecular weight is 391 g/mol. The zero-order chi connectivity index (χ0) is 20.2. The van der Waals surface area contributed by atoms with Gasteiger partial charge in [0.2, 0.25) is 5.91 Å². The summed E-state index contributed by atoms with van der Waals surface area (Å²) < 4.78 is 87.8. The van der Waals surface area contributed by atoms with Gasteiger partial charge in [-0.05, 0) is 6.92 Å². The van der Waals surface area contributed by atoms with Gasteiger partial charge in [0.25, 0.3) is 0 Å². The lowest BCUT2D eigenvalue weighted by Gasteiger charge is -2.37. The van der Waals surface area contributed by atoms with Crippen molar-refractivity contribution in [2.45, 2.75) is 37.5 Å². The number of alkyl halides is 6. The van der Waals surface area contributed by atoms with Crippen LogP contribution in [0.15, 0.2) is 0 Å². The van der Waals surface area contributed by atoms with E-state index in [0.717, 1.165) is 14.0 Å². The monoisotopic (exact) mass is 391 g/mol. The van der Waals surface area contributed by atoms with Gasteiger partial charge in [-0.15, -0.1) is 0 Å². The Bertz CT molecular complexity index is 657. The fourth-order valence-corrected chi connectivity index (χ4v) is 3.26. The highest BCUT2D eigenvalue weighted by Gasteiger charge is 2.85. The van der Waals surface area contributed by atoms with Crippen LogP contribution in [-0.2, 0) is 28.7 Å². The number of carbonyl (C=O) groups is 4. The molecule has 7 nitrogen and oxygen atoms in total. The Morgan fingerprint density at radius 1 is 1.15 bits per heavy atom. The van der Waals surface area contributed by atoms with Crippen LogP contribution in [0.3, 0.4) is 0 Å². The van der Waals surface area contributed by atoms with E-state index in [4.69, 9.17) is 0 Å². The molecule has 2 rings (SSSR count). The topological polar surface area (TPSA) is 90.0 Å². The molecule has 0 aromatic carbocycles. The number of cyclic esters (lactones) is 1. The Morgan fingerprint density at radius 3 is 2.04 bits per heavy atom. The van der Waals surface area contributed by atoms with E-state index in [2.05, 4.69) is 9.47 Å². The molecule has 0 aliphatic carbocycles. The second-order valence-electron chi connectivity index (χ2n) is 5.75. The minimum Gasteiger partial charge on any atom is -0.469 e. The van der Waals surface area contributed by atoms with E-state index in [1.54, 1.807) is 0 Å². The van der Waals surface area contributed by atoms with Crippen molar-refractivity contribution < 1.29 is 55.0 Å². The number of methoxy groups -OCH3 is 1. The molecular weight excluding hydrogens is 380 g/mol. The first-order valence-corrected chi connectivity index (χ1v) is 6.97. The normalized spacial score (nSPS) is 28.0. The van der Waals surface area contributed by atoms with Crippen molar-refractivity contribution in [3.8, 4) is 0 Å². The molecule has 2 heterocycles. The third-order valence-corrected chi connectivity index (χ3v) is 4.28. The van der Waals surface area contributed by atoms with Crippen molar-refractivity contribution in [3.63, 3.8) is 0 Å². The van der Waals surface area contributed by atoms with Crippen molar-refractivity contribution in [2.24, 2.45) is 11.8 Å². The molecule has 2 saturated heterocycles. The standard InChI is InChI=1S/C13H11F6NO6/c1-4(21)7-5(3-6(22)25-2)8-10(24)26-11(12(14,15)16,13(17,18)19)20(8)9(7)23/h5,7-8H,3H2,1-2H3/t5-,7+,8-/m0/s1. The SMILES string of the molecule is COC(=O)C[C@H]1[C@@H](C(C)=O)C(=O)N2[C@@H]1C(=O)OC2(C(F)(F)F)C(F)(F)F. The molecule has 0 aromatic rings. The van der Waals surface area contributed by atoms with Gasteiger partial charge < -0.3 is 9.47 Å². The number of ketones is 1. The molecule has 1 amide bonds. The molecule has 3 atom stereocenters. The van der Waals surface area contributed by atoms with Crippen LogP contribution in [0, 0.1) is 11.8 Å². The summed E-state index contributed by atoms with van der Waals surface area (Å²) in [5.41, 5.74) is -5.22. The van der Waals surface area contributed by atoms with E-state index >= 15 is 0 Å². The maximum Gasteiger partial charge on any atom is 0.458 e. The molecule has 0 N–H and O–H groups in total. The van der Waals surface area contributed by atoms with Crippen molar-refractivity contribution in [1.82, 2.24) is 4.90 Å². The van der Waals surface area contributed by atoms with Crippen LogP contribution in [-0.4, -0.2) is 59.8 Å². The van der Waals surface area contributed by atoms with Crippen LogP contribution in [0.1, 0.15) is 13.3 Å². The summed E-state index contributed by atoms with van der Waals surface area (Å²) in [4.78, 5) is 46.5. The van der Waals surface area contributed by atoms with E-state index in [0.29, 0.717) is 0 Å². The van der Waals surface area contributed by atoms with Crippen LogP contribution < -0.4 is 0 Å². The highest BCUT2D eigenvalue weighted by Crippen LogP contribution is 2.56. The number of halogens is 6. The number of esters is 2. The van der Waals surface area contributed by atoms with Gasteiger partial charge in [-0.2, -0.15) is 26.3 Å². The summed E-state index contributed by atoms with van der Waals surface area (Å²) in [6.45, 7) is 0.753. The highest BCUT2D eigenvalue weighted by atomic mass is 19.4. The van der Waals surface area contributed by atoms with E-state index in [1.165, 1.54) is 0 Å². The fourth-order valence-electron chi connectivity index (χ4n) is 3.26. The van der Waals surface area contributed by atoms with Gasteiger partial charge in [0.15, 0.2) is 0 Å². The average Bonchev–Trinajstić information content (AvgIpc) is 2.93. The van der Waals surface area contributed by atoms with Gasteiger partial charge in [0, 0.05) is 5.92 Å². The zero-order valence-corrected chi connectivity index (χ0v) is 13.1. The summed E-state index contributed by atoms with van der Waals surface area (Å²) in [5, 5.41) is 0. The quantitative estimate of drug-likeness (QED) is 0.405. The van der Waals surface area contributed by atoms with E-state index in [9.17, 15) is 45.5 Å². The summed E-state index contributed by atoms with van der Waals surface area (Å²) >= 11 is 0. The minimum atomic E-state index is -6.23. The largest absolute Gasteiger partial charge is 0.469 e. The molecule has 2 aliphatic heterocycles. The summed E-state index contributed by atoms with van der Waals surface area (Å²) in [6, 6.07) is -2.40. The molecule has 146 valence electrons. The molecule has 0 radical (unpaired) electrons. The molecule has 0 unspecified atom stereocenters. The lowest BCUT2D eigenvalue weighted by atomic mass is 9.85. The maximum absolute atomic E-state index is 13.3. The minimum absolute atomic E-state index is 0.753. The zero-order valence-electron chi connectivity index (χ0n) is 13.1. The first-order valence-electron chi connectivity index (χ1n) is 6.97. The summed E-state index contributed by atoms with van der Waals surface area (Å²) in [7, 11) is 0.877. The van der Waals surface area contributed by atoms with Gasteiger partial charge in [-0.25, -0.2) is 4.79 Å². The van der Waals surface area contributed by atoms with Crippen molar-refractivity contribution in [2.75, 3.05) is 7.11 Å². The number of carbonyl (C=O) groups excluding carboxylic acids is 4. The van der Waals surface area contributed by atoms with Gasteiger partial charge >= 0.3 is 30.0 Å². The van der Waals surface area contributed by atoms with E-state index < -0.39 is 70.9 Å². The molecule has 0 aromatic heterocycles. The molecule has 26 heavy (non-hydrogen) atoms. The number of amides is 1. The molecule has 2 aliphatic rings. The van der Waals surface area contributed by atoms with Crippen molar-refractivity contribution in [3.05, 3.63) is 0 Å². The Morgan fingerprint density at radius 2 is 1.65 bits per heavy atom. The van der Waals surface area contributed by atoms with Crippen LogP contribution in [0.4, 0.5) is 26.3 Å². The second-order valence-corrected chi connectivity index (χ2v) is 5.75. The number of hydrogen-bond acceptors (Lipinski definition) is 6. The maximum atomic E-state index is 13.3. The van der Waals surface area contributed by atoms with E-state index in [-0.39, 0.29) is 0 Å². The van der Waals surface area contributed by atoms with Gasteiger partial charge in [-0.3, -0.25) is 19.3 Å². The first-order chi connectivity index (χ1) is 11.7. The second kappa shape index (κ2) is 5.84. The fraction of sp³-hybridized carbons (Fsp3) is 0.692. The van der Waals surface area contributed by atoms with Gasteiger partial charge in [0.05, 0.1) is 13.5 Å². The van der Waals surface area contributed by atoms with Crippen LogP contribution in [0.2, 0.25) is 0 Å². The van der Waals surface area contributed by atoms with Gasteiger partial charge in [0.1, 0.15) is 17.7 Å². The third-order valence-electron chi connectivity index (χ3n) is 4.28. The third kappa shape index (κ3) is 2.51. The Balaban J connectivity index is 2.67. The number of fused-ring (bicyclic) bond motifs is 1. The number of ether oxygens (including phenoxy) is 2. The predicted octanol–water partition coefficient (Wildman–Crippen LogP) is 0.959.